The van der Waals surface area contributed by atoms with Gasteiger partial charge in [-0.05, 0) is 36.2 Å². The van der Waals surface area contributed by atoms with Gasteiger partial charge in [-0.2, -0.15) is 0 Å². The fraction of sp³-hybridized carbons (Fsp3) is 0.263. The zero-order chi connectivity index (χ0) is 18.6. The summed E-state index contributed by atoms with van der Waals surface area (Å²) in [5.41, 5.74) is 1.86. The van der Waals surface area contributed by atoms with E-state index >= 15 is 0 Å². The molecule has 1 fully saturated rings. The molecule has 0 bridgehead atoms. The Morgan fingerprint density at radius 2 is 1.54 bits per heavy atom. The lowest BCUT2D eigenvalue weighted by Crippen LogP contribution is -2.35. The van der Waals surface area contributed by atoms with Crippen molar-refractivity contribution in [2.24, 2.45) is 0 Å². The Balaban J connectivity index is 1.55. The van der Waals surface area contributed by atoms with Crippen LogP contribution in [0, 0.1) is 0 Å². The van der Waals surface area contributed by atoms with E-state index in [1.165, 1.54) is 0 Å². The van der Waals surface area contributed by atoms with E-state index in [1.807, 2.05) is 30.3 Å². The Morgan fingerprint density at radius 3 is 2.12 bits per heavy atom. The highest BCUT2D eigenvalue weighted by Gasteiger charge is 2.29. The van der Waals surface area contributed by atoms with Gasteiger partial charge in [-0.25, -0.2) is 8.42 Å². The first-order valence-electron chi connectivity index (χ1n) is 8.36. The third-order valence-electron chi connectivity index (χ3n) is 4.27. The van der Waals surface area contributed by atoms with Gasteiger partial charge in [0, 0.05) is 23.7 Å². The van der Waals surface area contributed by atoms with Gasteiger partial charge < -0.3 is 10.6 Å². The van der Waals surface area contributed by atoms with Gasteiger partial charge in [0.05, 0.1) is 11.5 Å². The van der Waals surface area contributed by atoms with Crippen molar-refractivity contribution in [1.82, 2.24) is 10.6 Å². The number of amides is 2. The summed E-state index contributed by atoms with van der Waals surface area (Å²) >= 11 is 0. The van der Waals surface area contributed by atoms with E-state index in [1.54, 1.807) is 24.3 Å². The second kappa shape index (κ2) is 7.70. The van der Waals surface area contributed by atoms with E-state index in [-0.39, 0.29) is 29.4 Å². The number of hydrogen-bond donors (Lipinski definition) is 2. The molecule has 0 spiro atoms. The summed E-state index contributed by atoms with van der Waals surface area (Å²) in [6, 6.07) is 15.5. The van der Waals surface area contributed by atoms with E-state index in [9.17, 15) is 18.0 Å². The molecule has 0 radical (unpaired) electrons. The van der Waals surface area contributed by atoms with Gasteiger partial charge in [-0.3, -0.25) is 9.59 Å². The first kappa shape index (κ1) is 18.1. The van der Waals surface area contributed by atoms with Gasteiger partial charge in [0.1, 0.15) is 0 Å². The molecule has 26 heavy (non-hydrogen) atoms. The van der Waals surface area contributed by atoms with Gasteiger partial charge in [0.2, 0.25) is 0 Å². The van der Waals surface area contributed by atoms with E-state index in [4.69, 9.17) is 0 Å². The number of sulfone groups is 1. The second-order valence-corrected chi connectivity index (χ2v) is 8.55. The smallest absolute Gasteiger partial charge is 0.251 e. The zero-order valence-electron chi connectivity index (χ0n) is 14.1. The Kier molecular flexibility index (Phi) is 5.37. The van der Waals surface area contributed by atoms with Gasteiger partial charge in [0.25, 0.3) is 11.8 Å². The summed E-state index contributed by atoms with van der Waals surface area (Å²) in [4.78, 5) is 24.4. The van der Waals surface area contributed by atoms with Crippen molar-refractivity contribution in [3.8, 4) is 0 Å². The number of rotatable bonds is 5. The highest BCUT2D eigenvalue weighted by Crippen LogP contribution is 2.13. The van der Waals surface area contributed by atoms with Crippen molar-refractivity contribution in [2.45, 2.75) is 19.0 Å². The Labute approximate surface area is 152 Å². The molecule has 7 heteroatoms. The van der Waals surface area contributed by atoms with Crippen LogP contribution in [-0.4, -0.2) is 37.8 Å². The normalized spacial score (nSPS) is 18.2. The molecule has 1 atom stereocenters. The van der Waals surface area contributed by atoms with Crippen LogP contribution in [0.2, 0.25) is 0 Å². The highest BCUT2D eigenvalue weighted by molar-refractivity contribution is 7.91. The predicted octanol–water partition coefficient (Wildman–Crippen LogP) is 1.53. The second-order valence-electron chi connectivity index (χ2n) is 6.32. The lowest BCUT2D eigenvalue weighted by Gasteiger charge is -2.11. The molecule has 1 unspecified atom stereocenters. The van der Waals surface area contributed by atoms with E-state index in [0.717, 1.165) is 5.56 Å². The molecular weight excluding hydrogens is 352 g/mol. The minimum absolute atomic E-state index is 0.0152. The molecule has 1 saturated heterocycles. The lowest BCUT2D eigenvalue weighted by molar-refractivity contribution is 0.0933. The molecule has 2 aromatic carbocycles. The number of nitrogens with one attached hydrogen (secondary N) is 2. The molecular formula is C19H20N2O4S. The Bertz CT molecular complexity index is 893. The van der Waals surface area contributed by atoms with Crippen LogP contribution in [0.3, 0.4) is 0 Å². The summed E-state index contributed by atoms with van der Waals surface area (Å²) in [7, 11) is -3.04. The van der Waals surface area contributed by atoms with Gasteiger partial charge >= 0.3 is 0 Å². The van der Waals surface area contributed by atoms with Crippen molar-refractivity contribution in [3.05, 3.63) is 71.3 Å². The number of hydrogen-bond acceptors (Lipinski definition) is 4. The summed E-state index contributed by atoms with van der Waals surface area (Å²) in [6.45, 7) is 0.429. The average molecular weight is 372 g/mol. The third kappa shape index (κ3) is 4.70. The molecule has 2 N–H and O–H groups in total. The minimum Gasteiger partial charge on any atom is -0.348 e. The van der Waals surface area contributed by atoms with Crippen LogP contribution in [0.4, 0.5) is 0 Å². The van der Waals surface area contributed by atoms with Crippen LogP contribution >= 0.6 is 0 Å². The van der Waals surface area contributed by atoms with Crippen molar-refractivity contribution in [2.75, 3.05) is 11.5 Å². The van der Waals surface area contributed by atoms with Crippen LogP contribution in [0.1, 0.15) is 32.7 Å². The zero-order valence-corrected chi connectivity index (χ0v) is 15.0. The van der Waals surface area contributed by atoms with Crippen molar-refractivity contribution in [1.29, 1.82) is 0 Å². The van der Waals surface area contributed by atoms with Crippen molar-refractivity contribution in [3.63, 3.8) is 0 Å². The quantitative estimate of drug-likeness (QED) is 0.833. The van der Waals surface area contributed by atoms with Crippen LogP contribution < -0.4 is 10.6 Å². The largest absolute Gasteiger partial charge is 0.348 e. The molecule has 3 rings (SSSR count). The SMILES string of the molecule is O=C(NCc1ccccc1)c1ccc(C(=O)NC2CCS(=O)(=O)C2)cc1. The molecule has 6 nitrogen and oxygen atoms in total. The molecule has 2 amide bonds. The molecule has 2 aromatic rings. The Morgan fingerprint density at radius 1 is 0.923 bits per heavy atom. The lowest BCUT2D eigenvalue weighted by atomic mass is 10.1. The molecule has 0 aliphatic carbocycles. The topological polar surface area (TPSA) is 92.3 Å². The standard InChI is InChI=1S/C19H20N2O4S/c22-18(20-12-14-4-2-1-3-5-14)15-6-8-16(9-7-15)19(23)21-17-10-11-26(24,25)13-17/h1-9,17H,10-13H2,(H,20,22)(H,21,23). The summed E-state index contributed by atoms with van der Waals surface area (Å²) < 4.78 is 22.9. The van der Waals surface area contributed by atoms with Crippen LogP contribution in [-0.2, 0) is 16.4 Å². The fourth-order valence-electron chi connectivity index (χ4n) is 2.83. The number of carbonyl (C=O) groups excluding carboxylic acids is 2. The first-order valence-corrected chi connectivity index (χ1v) is 10.2. The van der Waals surface area contributed by atoms with Crippen molar-refractivity contribution >= 4 is 21.7 Å². The molecule has 0 saturated carbocycles. The molecule has 1 aliphatic heterocycles. The summed E-state index contributed by atoms with van der Waals surface area (Å²) in [6.07, 6.45) is 0.439. The Hall–Kier alpha value is -2.67. The summed E-state index contributed by atoms with van der Waals surface area (Å²) in [5, 5.41) is 5.55. The van der Waals surface area contributed by atoms with Crippen molar-refractivity contribution < 1.29 is 18.0 Å². The monoisotopic (exact) mass is 372 g/mol. The first-order chi connectivity index (χ1) is 12.4. The minimum atomic E-state index is -3.04. The maximum atomic E-state index is 12.2. The van der Waals surface area contributed by atoms with Gasteiger partial charge in [-0.1, -0.05) is 30.3 Å². The van der Waals surface area contributed by atoms with E-state index < -0.39 is 9.84 Å². The predicted molar refractivity (Wildman–Crippen MR) is 98.6 cm³/mol. The molecule has 136 valence electrons. The maximum Gasteiger partial charge on any atom is 0.251 e. The summed E-state index contributed by atoms with van der Waals surface area (Å²) in [5.74, 6) is -0.456. The van der Waals surface area contributed by atoms with Crippen LogP contribution in [0.25, 0.3) is 0 Å². The van der Waals surface area contributed by atoms with Gasteiger partial charge in [-0.15, -0.1) is 0 Å². The third-order valence-corrected chi connectivity index (χ3v) is 6.04. The number of benzene rings is 2. The highest BCUT2D eigenvalue weighted by atomic mass is 32.2. The molecule has 1 heterocycles. The van der Waals surface area contributed by atoms with Crippen LogP contribution in [0.15, 0.2) is 54.6 Å². The fourth-order valence-corrected chi connectivity index (χ4v) is 4.50. The van der Waals surface area contributed by atoms with Gasteiger partial charge in [0.15, 0.2) is 9.84 Å². The maximum absolute atomic E-state index is 12.2. The number of carbonyl (C=O) groups is 2. The van der Waals surface area contributed by atoms with Crippen LogP contribution in [0.5, 0.6) is 0 Å². The average Bonchev–Trinajstić information content (AvgIpc) is 2.99. The van der Waals surface area contributed by atoms with E-state index in [2.05, 4.69) is 10.6 Å². The molecule has 1 aliphatic rings. The van der Waals surface area contributed by atoms with E-state index in [0.29, 0.717) is 24.1 Å². The molecule has 0 aromatic heterocycles.